The van der Waals surface area contributed by atoms with E-state index in [1.165, 1.54) is 62.9 Å². The van der Waals surface area contributed by atoms with Crippen molar-refractivity contribution in [2.24, 2.45) is 29.0 Å². The van der Waals surface area contributed by atoms with Crippen LogP contribution in [0.3, 0.4) is 0 Å². The molecule has 7 rings (SSSR count). The van der Waals surface area contributed by atoms with Gasteiger partial charge in [0.25, 0.3) is 11.8 Å². The fourth-order valence-electron chi connectivity index (χ4n) is 10.7. The highest BCUT2D eigenvalue weighted by atomic mass is 32.1. The van der Waals surface area contributed by atoms with Crippen LogP contribution < -0.4 is 54.1 Å². The smallest absolute Gasteiger partial charge is 0.404 e. The van der Waals surface area contributed by atoms with Gasteiger partial charge >= 0.3 is 11.9 Å². The zero-order valence-electron chi connectivity index (χ0n) is 53.0. The van der Waals surface area contributed by atoms with E-state index in [2.05, 4.69) is 65.4 Å². The molecule has 4 aromatic rings. The number of nitrogens with two attached hydrogens (primary N) is 4. The monoisotopic (exact) mass is 1400 g/mol. The first-order valence-electron chi connectivity index (χ1n) is 30.7. The average Bonchev–Trinajstić information content (AvgIpc) is 1.36. The molecule has 35 nitrogen and oxygen atoms in total. The Bertz CT molecular complexity index is 3240. The lowest BCUT2D eigenvalue weighted by Crippen LogP contribution is -2.65. The van der Waals surface area contributed by atoms with E-state index in [-0.39, 0.29) is 59.0 Å². The van der Waals surface area contributed by atoms with Crippen LogP contribution >= 0.6 is 34.9 Å². The van der Waals surface area contributed by atoms with Crippen molar-refractivity contribution in [2.75, 3.05) is 45.1 Å². The van der Waals surface area contributed by atoms with Crippen LogP contribution in [-0.4, -0.2) is 248 Å². The number of thiazole rings is 2. The molecule has 3 saturated heterocycles. The standard InChI is InChI=1S/C57H86N16O19S3/c1-23(2)9-7-8-12-63-51(84)31-19-94-22-73(31)34-20-95-35(67-34)10-13-64-52(85)37(27(6)76)69-50(83)25(4)39(77)26(5)66-54(93)38(70-53(86)36-24(3)47(59)71-49(68-36)30-11-14-72(30)16-28(58)48(60)82)44(29-15-62-21-65-29)90-56-46(42(80)40(78)32(17-74)89-56)91-55-43(81)45(92-57(61)87)41(79)33(18-75)88-55/h15,19-23,25-28,30,32-33,37-46,55-56,74-81H,7-14,16-18,58H2,1-6H3,(H11-,59,60,61,62,63,64,65,66,68,69,70,71,82,83,84,85,86,87,93)/p+1. The van der Waals surface area contributed by atoms with Crippen LogP contribution in [0.4, 0.5) is 10.6 Å². The third kappa shape index (κ3) is 19.1. The van der Waals surface area contributed by atoms with E-state index < -0.39 is 159 Å². The third-order valence-corrected chi connectivity index (χ3v) is 18.4. The Labute approximate surface area is 559 Å². The minimum atomic E-state index is -2.11. The van der Waals surface area contributed by atoms with E-state index in [4.69, 9.17) is 58.8 Å². The number of aliphatic hydroxyl groups is 8. The fourth-order valence-corrected chi connectivity index (χ4v) is 12.6. The van der Waals surface area contributed by atoms with E-state index in [0.717, 1.165) is 19.3 Å². The number of H-pyrrole nitrogens is 1. The number of carbonyl (C=O) groups is 6. The fraction of sp³-hybridized carbons (Fsp3) is 0.649. The molecule has 3 aliphatic heterocycles. The number of anilines is 1. The number of aromatic amines is 1. The summed E-state index contributed by atoms with van der Waals surface area (Å²) in [4.78, 5) is 102. The van der Waals surface area contributed by atoms with Crippen molar-refractivity contribution in [3.63, 3.8) is 0 Å². The maximum atomic E-state index is 15.0. The molecule has 526 valence electrons. The van der Waals surface area contributed by atoms with Gasteiger partial charge in [-0.05, 0) is 44.5 Å². The molecule has 95 heavy (non-hydrogen) atoms. The number of nitrogens with zero attached hydrogens (tertiary/aromatic N) is 6. The highest BCUT2D eigenvalue weighted by molar-refractivity contribution is 7.80. The number of amides is 6. The Morgan fingerprint density at radius 1 is 0.853 bits per heavy atom. The highest BCUT2D eigenvalue weighted by Crippen LogP contribution is 2.36. The lowest BCUT2D eigenvalue weighted by atomic mass is 9.96. The zero-order valence-corrected chi connectivity index (χ0v) is 55.4. The highest BCUT2D eigenvalue weighted by Gasteiger charge is 2.54. The molecule has 19 unspecified atom stereocenters. The first kappa shape index (κ1) is 75.7. The molecule has 6 amide bonds. The number of likely N-dealkylation sites (tertiary alicyclic amines) is 1. The first-order chi connectivity index (χ1) is 45.0. The van der Waals surface area contributed by atoms with Crippen LogP contribution in [-0.2, 0) is 44.5 Å². The molecule has 38 heteroatoms. The van der Waals surface area contributed by atoms with E-state index in [0.29, 0.717) is 41.9 Å². The number of aromatic nitrogens is 6. The van der Waals surface area contributed by atoms with Gasteiger partial charge in [-0.15, -0.1) is 11.3 Å². The summed E-state index contributed by atoms with van der Waals surface area (Å²) in [5, 5.41) is 106. The van der Waals surface area contributed by atoms with Crippen molar-refractivity contribution < 1.29 is 97.9 Å². The van der Waals surface area contributed by atoms with Gasteiger partial charge < -0.3 is 119 Å². The Hall–Kier alpha value is -6.70. The van der Waals surface area contributed by atoms with Crippen LogP contribution in [0.5, 0.6) is 0 Å². The SMILES string of the molecule is Cc1c(N)nc(C2CCN2CC(N)C(N)=O)nc1C(=O)NC(C(=S)NC(C)C(O)C(C)C(=O)NC(C(=O)NCCc1nc(-[n+]2cscc2C(=O)NCCCCC(C)C)cs1)C(C)O)C(OC1OC(CO)C(O)C(O)C1OC1OC(CO)C(O)C(OC(N)=O)C1O)c1cnc[nH]1. The van der Waals surface area contributed by atoms with Gasteiger partial charge in [0.2, 0.25) is 28.4 Å². The zero-order chi connectivity index (χ0) is 69.7. The van der Waals surface area contributed by atoms with Gasteiger partial charge in [-0.2, -0.15) is 4.57 Å². The maximum absolute atomic E-state index is 15.0. The average molecular weight is 1400 g/mol. The molecule has 3 fully saturated rings. The minimum absolute atomic E-state index is 0.0131. The number of nitrogens with one attached hydrogen (secondary N) is 6. The Morgan fingerprint density at radius 3 is 2.19 bits per heavy atom. The summed E-state index contributed by atoms with van der Waals surface area (Å²) in [5.41, 5.74) is 25.0. The molecule has 19 atom stereocenters. The number of hydrogen-bond acceptors (Lipinski definition) is 29. The van der Waals surface area contributed by atoms with Gasteiger partial charge in [0, 0.05) is 43.5 Å². The second kappa shape index (κ2) is 34.5. The van der Waals surface area contributed by atoms with Crippen molar-refractivity contribution in [1.29, 1.82) is 0 Å². The van der Waals surface area contributed by atoms with Crippen molar-refractivity contribution in [2.45, 2.75) is 184 Å². The topological polar surface area (TPSA) is 549 Å². The molecular weight excluding hydrogens is 1310 g/mol. The third-order valence-electron chi connectivity index (χ3n) is 16.4. The number of nitrogen functional groups attached to an aromatic ring is 1. The van der Waals surface area contributed by atoms with E-state index in [1.54, 1.807) is 25.7 Å². The van der Waals surface area contributed by atoms with E-state index >= 15 is 0 Å². The van der Waals surface area contributed by atoms with Gasteiger partial charge in [0.05, 0.1) is 73.1 Å². The van der Waals surface area contributed by atoms with Crippen molar-refractivity contribution >= 4 is 81.3 Å². The van der Waals surface area contributed by atoms with Crippen LogP contribution in [0.2, 0.25) is 0 Å². The number of thiocarbonyl (C=S) groups is 1. The molecule has 22 N–H and O–H groups in total. The van der Waals surface area contributed by atoms with Crippen molar-refractivity contribution in [3.05, 3.63) is 62.3 Å². The van der Waals surface area contributed by atoms with E-state index in [9.17, 15) is 69.6 Å². The molecule has 0 radical (unpaired) electrons. The summed E-state index contributed by atoms with van der Waals surface area (Å²) < 4.78 is 30.9. The number of imidazole rings is 1. The maximum Gasteiger partial charge on any atom is 0.404 e. The molecule has 0 aliphatic carbocycles. The molecule has 7 heterocycles. The van der Waals surface area contributed by atoms with Crippen molar-refractivity contribution in [3.8, 4) is 5.82 Å². The summed E-state index contributed by atoms with van der Waals surface area (Å²) in [6.45, 7) is 8.98. The summed E-state index contributed by atoms with van der Waals surface area (Å²) in [6, 6.07) is -6.10. The van der Waals surface area contributed by atoms with Crippen LogP contribution in [0.1, 0.15) is 116 Å². The summed E-state index contributed by atoms with van der Waals surface area (Å²) >= 11 is 8.69. The Kier molecular flexibility index (Phi) is 27.5. The van der Waals surface area contributed by atoms with E-state index in [1.807, 2.05) is 0 Å². The Balaban J connectivity index is 1.11. The van der Waals surface area contributed by atoms with Gasteiger partial charge in [0.15, 0.2) is 24.2 Å². The largest absolute Gasteiger partial charge is 0.441 e. The van der Waals surface area contributed by atoms with Gasteiger partial charge in [-0.25, -0.2) is 19.7 Å². The second-order valence-corrected chi connectivity index (χ2v) is 26.0. The number of primary amides is 2. The van der Waals surface area contributed by atoms with Gasteiger partial charge in [-0.3, -0.25) is 28.9 Å². The molecule has 0 bridgehead atoms. The first-order valence-corrected chi connectivity index (χ1v) is 33.0. The van der Waals surface area contributed by atoms with Crippen LogP contribution in [0.25, 0.3) is 5.82 Å². The predicted octanol–water partition coefficient (Wildman–Crippen LogP) is -4.89. The number of hydrogen-bond donors (Lipinski definition) is 18. The molecule has 0 saturated carbocycles. The second-order valence-electron chi connectivity index (χ2n) is 23.9. The quantitative estimate of drug-likeness (QED) is 0.0121. The summed E-state index contributed by atoms with van der Waals surface area (Å²) in [5.74, 6) is -3.95. The number of unbranched alkanes of at least 4 members (excludes halogenated alkanes) is 1. The number of carbonyl (C=O) groups excluding carboxylic acids is 6. The minimum Gasteiger partial charge on any atom is -0.441 e. The molecule has 0 aromatic carbocycles. The summed E-state index contributed by atoms with van der Waals surface area (Å²) in [6.07, 6.45) is -19.5. The molecule has 4 aromatic heterocycles. The number of aliphatic hydroxyl groups excluding tert-OH is 8. The number of rotatable bonds is 33. The van der Waals surface area contributed by atoms with Crippen LogP contribution in [0.15, 0.2) is 28.8 Å². The number of ether oxygens (including phenoxy) is 5. The van der Waals surface area contributed by atoms with Gasteiger partial charge in [0.1, 0.15) is 83.2 Å². The molecular formula is C57H87N16O19S3+. The molecule has 0 spiro atoms. The lowest BCUT2D eigenvalue weighted by molar-refractivity contribution is -0.596. The predicted molar refractivity (Wildman–Crippen MR) is 339 cm³/mol. The lowest BCUT2D eigenvalue weighted by Gasteiger charge is -2.47. The summed E-state index contributed by atoms with van der Waals surface area (Å²) in [7, 11) is 0. The Morgan fingerprint density at radius 2 is 1.56 bits per heavy atom. The van der Waals surface area contributed by atoms with Gasteiger partial charge in [-0.1, -0.05) is 57.2 Å². The van der Waals surface area contributed by atoms with Crippen molar-refractivity contribution in [1.82, 2.24) is 56.4 Å². The van der Waals surface area contributed by atoms with Crippen LogP contribution in [0, 0.1) is 18.8 Å². The molecule has 3 aliphatic rings. The normalized spacial score (nSPS) is 25.5.